The third-order valence-electron chi connectivity index (χ3n) is 4.10. The highest BCUT2D eigenvalue weighted by Crippen LogP contribution is 2.29. The molecule has 0 aliphatic heterocycles. The van der Waals surface area contributed by atoms with Gasteiger partial charge in [-0.05, 0) is 37.3 Å². The van der Waals surface area contributed by atoms with Crippen LogP contribution in [-0.4, -0.2) is 0 Å². The van der Waals surface area contributed by atoms with Gasteiger partial charge in [0.05, 0.1) is 5.69 Å². The van der Waals surface area contributed by atoms with Crippen molar-refractivity contribution in [1.29, 1.82) is 0 Å². The average Bonchev–Trinajstić information content (AvgIpc) is 2.48. The Bertz CT molecular complexity index is 436. The fourth-order valence-electron chi connectivity index (χ4n) is 2.74. The number of unbranched alkanes of at least 4 members (excludes halogenated alkanes) is 6. The third-order valence-corrected chi connectivity index (χ3v) is 4.10. The summed E-state index contributed by atoms with van der Waals surface area (Å²) in [4.78, 5) is 0. The SMILES string of the molecule is CCCCCCc1cc(N)c(F)c(CCCCCC)c1N.Cl. The maximum atomic E-state index is 14.2. The second-order valence-corrected chi connectivity index (χ2v) is 5.95. The van der Waals surface area contributed by atoms with E-state index in [2.05, 4.69) is 13.8 Å². The molecule has 1 aromatic carbocycles. The van der Waals surface area contributed by atoms with E-state index in [1.54, 1.807) is 6.07 Å². The summed E-state index contributed by atoms with van der Waals surface area (Å²) < 4.78 is 14.2. The molecule has 0 fully saturated rings. The van der Waals surface area contributed by atoms with Crippen LogP contribution in [0.4, 0.5) is 15.8 Å². The maximum Gasteiger partial charge on any atom is 0.151 e. The molecule has 0 aliphatic carbocycles. The van der Waals surface area contributed by atoms with Crippen molar-refractivity contribution in [3.8, 4) is 0 Å². The van der Waals surface area contributed by atoms with E-state index in [0.29, 0.717) is 17.7 Å². The van der Waals surface area contributed by atoms with Crippen molar-refractivity contribution in [1.82, 2.24) is 0 Å². The summed E-state index contributed by atoms with van der Waals surface area (Å²) in [5, 5.41) is 0. The van der Waals surface area contributed by atoms with Crippen LogP contribution in [0.2, 0.25) is 0 Å². The van der Waals surface area contributed by atoms with Gasteiger partial charge in [0.25, 0.3) is 0 Å². The lowest BCUT2D eigenvalue weighted by Gasteiger charge is -2.14. The van der Waals surface area contributed by atoms with Crippen molar-refractivity contribution >= 4 is 23.8 Å². The zero-order chi connectivity index (χ0) is 15.7. The number of hydrogen-bond donors (Lipinski definition) is 2. The van der Waals surface area contributed by atoms with Crippen LogP contribution in [-0.2, 0) is 12.8 Å². The highest BCUT2D eigenvalue weighted by molar-refractivity contribution is 5.85. The van der Waals surface area contributed by atoms with E-state index in [9.17, 15) is 4.39 Å². The van der Waals surface area contributed by atoms with Crippen LogP contribution in [0.3, 0.4) is 0 Å². The van der Waals surface area contributed by atoms with Gasteiger partial charge in [-0.25, -0.2) is 4.39 Å². The van der Waals surface area contributed by atoms with Crippen molar-refractivity contribution < 1.29 is 4.39 Å². The summed E-state index contributed by atoms with van der Waals surface area (Å²) in [7, 11) is 0. The first kappa shape index (κ1) is 21.0. The molecule has 0 saturated carbocycles. The molecule has 1 aromatic rings. The van der Waals surface area contributed by atoms with Gasteiger partial charge in [0.2, 0.25) is 0 Å². The molecule has 4 N–H and O–H groups in total. The number of hydrogen-bond acceptors (Lipinski definition) is 2. The van der Waals surface area contributed by atoms with Crippen molar-refractivity contribution in [3.05, 3.63) is 23.0 Å². The van der Waals surface area contributed by atoms with Crippen LogP contribution in [0.25, 0.3) is 0 Å². The Morgan fingerprint density at radius 3 is 1.95 bits per heavy atom. The van der Waals surface area contributed by atoms with Gasteiger partial charge >= 0.3 is 0 Å². The van der Waals surface area contributed by atoms with Gasteiger partial charge in [-0.1, -0.05) is 52.4 Å². The molecule has 0 spiro atoms. The first-order valence-electron chi connectivity index (χ1n) is 8.47. The average molecular weight is 331 g/mol. The molecule has 0 unspecified atom stereocenters. The molecule has 0 bridgehead atoms. The van der Waals surface area contributed by atoms with Gasteiger partial charge in [-0.2, -0.15) is 0 Å². The molecule has 22 heavy (non-hydrogen) atoms. The summed E-state index contributed by atoms with van der Waals surface area (Å²) in [5.41, 5.74) is 14.6. The summed E-state index contributed by atoms with van der Waals surface area (Å²) in [6.45, 7) is 4.36. The molecule has 128 valence electrons. The molecule has 0 aliphatic rings. The number of rotatable bonds is 10. The number of halogens is 2. The normalized spacial score (nSPS) is 10.5. The molecular weight excluding hydrogens is 299 g/mol. The number of nitrogens with two attached hydrogens (primary N) is 2. The van der Waals surface area contributed by atoms with Crippen LogP contribution in [0.1, 0.15) is 76.3 Å². The van der Waals surface area contributed by atoms with Crippen molar-refractivity contribution in [2.45, 2.75) is 78.1 Å². The Balaban J connectivity index is 0.00000441. The Morgan fingerprint density at radius 1 is 0.864 bits per heavy atom. The molecule has 0 saturated heterocycles. The monoisotopic (exact) mass is 330 g/mol. The fraction of sp³-hybridized carbons (Fsp3) is 0.667. The Labute approximate surface area is 141 Å². The molecule has 2 nitrogen and oxygen atoms in total. The van der Waals surface area contributed by atoms with E-state index in [0.717, 1.165) is 31.2 Å². The molecule has 4 heteroatoms. The topological polar surface area (TPSA) is 52.0 Å². The fourth-order valence-corrected chi connectivity index (χ4v) is 2.74. The molecule has 0 aromatic heterocycles. The number of anilines is 2. The Morgan fingerprint density at radius 2 is 1.41 bits per heavy atom. The van der Waals surface area contributed by atoms with Crippen molar-refractivity contribution in [3.63, 3.8) is 0 Å². The number of benzene rings is 1. The van der Waals surface area contributed by atoms with E-state index < -0.39 is 0 Å². The molecule has 0 atom stereocenters. The lowest BCUT2D eigenvalue weighted by molar-refractivity contribution is 0.597. The molecule has 0 amide bonds. The van der Waals surface area contributed by atoms with Crippen molar-refractivity contribution in [2.24, 2.45) is 0 Å². The van der Waals surface area contributed by atoms with E-state index in [4.69, 9.17) is 11.5 Å². The minimum absolute atomic E-state index is 0. The van der Waals surface area contributed by atoms with E-state index >= 15 is 0 Å². The predicted octanol–water partition coefficient (Wildman–Crippen LogP) is 5.66. The van der Waals surface area contributed by atoms with Crippen LogP contribution in [0, 0.1) is 5.82 Å². The molecule has 0 heterocycles. The number of nitrogen functional groups attached to an aromatic ring is 2. The number of aryl methyl sites for hydroxylation is 1. The highest BCUT2D eigenvalue weighted by Gasteiger charge is 2.14. The third kappa shape index (κ3) is 6.43. The minimum atomic E-state index is -0.304. The van der Waals surface area contributed by atoms with Gasteiger partial charge in [-0.15, -0.1) is 12.4 Å². The molecular formula is C18H32ClFN2. The molecule has 0 radical (unpaired) electrons. The lowest BCUT2D eigenvalue weighted by atomic mass is 9.96. The smallest absolute Gasteiger partial charge is 0.151 e. The predicted molar refractivity (Wildman–Crippen MR) is 98.2 cm³/mol. The lowest BCUT2D eigenvalue weighted by Crippen LogP contribution is -2.07. The largest absolute Gasteiger partial charge is 0.398 e. The van der Waals surface area contributed by atoms with E-state index in [1.807, 2.05) is 0 Å². The Kier molecular flexibility index (Phi) is 11.1. The van der Waals surface area contributed by atoms with Crippen LogP contribution < -0.4 is 11.5 Å². The quantitative estimate of drug-likeness (QED) is 0.429. The van der Waals surface area contributed by atoms with Crippen LogP contribution in [0.5, 0.6) is 0 Å². The molecule has 1 rings (SSSR count). The second-order valence-electron chi connectivity index (χ2n) is 5.95. The summed E-state index contributed by atoms with van der Waals surface area (Å²) in [5.74, 6) is -0.304. The Hall–Kier alpha value is -0.960. The van der Waals surface area contributed by atoms with E-state index in [1.165, 1.54) is 32.1 Å². The zero-order valence-corrected chi connectivity index (χ0v) is 14.9. The van der Waals surface area contributed by atoms with Crippen LogP contribution in [0.15, 0.2) is 6.07 Å². The van der Waals surface area contributed by atoms with Crippen LogP contribution >= 0.6 is 12.4 Å². The van der Waals surface area contributed by atoms with Gasteiger partial charge in [0.1, 0.15) is 0 Å². The minimum Gasteiger partial charge on any atom is -0.398 e. The standard InChI is InChI=1S/C18H31FN2.ClH/c1-3-5-7-9-11-14-13-16(20)17(19)15(18(14)21)12-10-8-6-4-2;/h13H,3-12,20-21H2,1-2H3;1H. The maximum absolute atomic E-state index is 14.2. The highest BCUT2D eigenvalue weighted by atomic mass is 35.5. The zero-order valence-electron chi connectivity index (χ0n) is 14.1. The van der Waals surface area contributed by atoms with E-state index in [-0.39, 0.29) is 23.9 Å². The summed E-state index contributed by atoms with van der Waals surface area (Å²) in [6.07, 6.45) is 10.8. The summed E-state index contributed by atoms with van der Waals surface area (Å²) in [6, 6.07) is 1.73. The second kappa shape index (κ2) is 11.6. The summed E-state index contributed by atoms with van der Waals surface area (Å²) >= 11 is 0. The first-order valence-corrected chi connectivity index (χ1v) is 8.47. The first-order chi connectivity index (χ1) is 10.1. The van der Waals surface area contributed by atoms with Crippen molar-refractivity contribution in [2.75, 3.05) is 11.5 Å². The van der Waals surface area contributed by atoms with Gasteiger partial charge in [0.15, 0.2) is 5.82 Å². The van der Waals surface area contributed by atoms with Gasteiger partial charge < -0.3 is 11.5 Å². The van der Waals surface area contributed by atoms with Gasteiger partial charge in [-0.3, -0.25) is 0 Å². The van der Waals surface area contributed by atoms with Gasteiger partial charge in [0, 0.05) is 11.3 Å².